The second-order valence-electron chi connectivity index (χ2n) is 4.40. The quantitative estimate of drug-likeness (QED) is 0.555. The lowest BCUT2D eigenvalue weighted by Crippen LogP contribution is -2.28. The minimum absolute atomic E-state index is 0.348. The molecule has 0 saturated carbocycles. The van der Waals surface area contributed by atoms with E-state index in [-0.39, 0.29) is 0 Å². The molecule has 3 nitrogen and oxygen atoms in total. The summed E-state index contributed by atoms with van der Waals surface area (Å²) < 4.78 is 5.32. The Kier molecular flexibility index (Phi) is 4.39. The van der Waals surface area contributed by atoms with E-state index in [1.807, 2.05) is 0 Å². The fraction of sp³-hybridized carbons (Fsp3) is 0.909. The third-order valence-electron chi connectivity index (χ3n) is 2.89. The molecule has 1 saturated heterocycles. The monoisotopic (exact) mass is 198 g/mol. The van der Waals surface area contributed by atoms with Crippen LogP contribution in [-0.4, -0.2) is 25.1 Å². The summed E-state index contributed by atoms with van der Waals surface area (Å²) in [6.07, 6.45) is 2.24. The van der Waals surface area contributed by atoms with Crippen molar-refractivity contribution in [3.63, 3.8) is 0 Å². The van der Waals surface area contributed by atoms with Gasteiger partial charge in [0.2, 0.25) is 0 Å². The van der Waals surface area contributed by atoms with E-state index in [4.69, 9.17) is 10.5 Å². The van der Waals surface area contributed by atoms with Crippen molar-refractivity contribution in [1.82, 2.24) is 0 Å². The van der Waals surface area contributed by atoms with Crippen LogP contribution in [0.25, 0.3) is 0 Å². The molecule has 0 spiro atoms. The fourth-order valence-electron chi connectivity index (χ4n) is 1.69. The Labute approximate surface area is 86.7 Å². The summed E-state index contributed by atoms with van der Waals surface area (Å²) in [6, 6.07) is 0.348. The normalized spacial score (nSPS) is 22.7. The van der Waals surface area contributed by atoms with Gasteiger partial charge < -0.3 is 10.5 Å². The average Bonchev–Trinajstić information content (AvgIpc) is 2.19. The Morgan fingerprint density at radius 1 is 1.29 bits per heavy atom. The van der Waals surface area contributed by atoms with Crippen molar-refractivity contribution in [3.8, 4) is 0 Å². The van der Waals surface area contributed by atoms with Gasteiger partial charge in [0, 0.05) is 19.1 Å². The van der Waals surface area contributed by atoms with Crippen molar-refractivity contribution >= 4 is 5.84 Å². The van der Waals surface area contributed by atoms with E-state index in [2.05, 4.69) is 25.8 Å². The highest BCUT2D eigenvalue weighted by molar-refractivity contribution is 5.82. The highest BCUT2D eigenvalue weighted by atomic mass is 16.5. The molecule has 0 amide bonds. The van der Waals surface area contributed by atoms with Crippen LogP contribution in [0.5, 0.6) is 0 Å². The molecule has 0 aromatic rings. The van der Waals surface area contributed by atoms with Crippen LogP contribution >= 0.6 is 0 Å². The molecule has 1 heterocycles. The van der Waals surface area contributed by atoms with Crippen LogP contribution in [0.1, 0.15) is 33.6 Å². The van der Waals surface area contributed by atoms with Gasteiger partial charge in [-0.05, 0) is 25.7 Å². The van der Waals surface area contributed by atoms with E-state index in [1.165, 1.54) is 0 Å². The Balaban J connectivity index is 2.47. The molecule has 0 aromatic carbocycles. The number of hydrogen-bond acceptors (Lipinski definition) is 2. The van der Waals surface area contributed by atoms with Gasteiger partial charge >= 0.3 is 0 Å². The minimum Gasteiger partial charge on any atom is -0.387 e. The SMILES string of the molecule is CC(C)C(N)=NC(C)C1CCOCC1. The smallest absolute Gasteiger partial charge is 0.0966 e. The van der Waals surface area contributed by atoms with Crippen molar-refractivity contribution in [2.75, 3.05) is 13.2 Å². The van der Waals surface area contributed by atoms with Gasteiger partial charge in [-0.2, -0.15) is 0 Å². The first-order chi connectivity index (χ1) is 6.61. The second kappa shape index (κ2) is 5.35. The molecule has 0 radical (unpaired) electrons. The minimum atomic E-state index is 0.348. The van der Waals surface area contributed by atoms with Crippen molar-refractivity contribution < 1.29 is 4.74 Å². The molecular formula is C11H22N2O. The van der Waals surface area contributed by atoms with Crippen LogP contribution in [-0.2, 0) is 4.74 Å². The largest absolute Gasteiger partial charge is 0.387 e. The molecule has 1 aliphatic rings. The highest BCUT2D eigenvalue weighted by Crippen LogP contribution is 2.20. The van der Waals surface area contributed by atoms with E-state index in [9.17, 15) is 0 Å². The highest BCUT2D eigenvalue weighted by Gasteiger charge is 2.20. The van der Waals surface area contributed by atoms with E-state index >= 15 is 0 Å². The first-order valence-electron chi connectivity index (χ1n) is 5.52. The van der Waals surface area contributed by atoms with Gasteiger partial charge in [0.25, 0.3) is 0 Å². The van der Waals surface area contributed by atoms with Gasteiger partial charge in [-0.15, -0.1) is 0 Å². The van der Waals surface area contributed by atoms with Crippen LogP contribution in [0, 0.1) is 11.8 Å². The zero-order valence-electron chi connectivity index (χ0n) is 9.49. The number of nitrogens with zero attached hydrogens (tertiary/aromatic N) is 1. The number of nitrogens with two attached hydrogens (primary N) is 1. The van der Waals surface area contributed by atoms with E-state index in [1.54, 1.807) is 0 Å². The summed E-state index contributed by atoms with van der Waals surface area (Å²) in [5, 5.41) is 0. The third kappa shape index (κ3) is 3.29. The van der Waals surface area contributed by atoms with Crippen molar-refractivity contribution in [2.45, 2.75) is 39.7 Å². The van der Waals surface area contributed by atoms with Crippen LogP contribution in [0.4, 0.5) is 0 Å². The predicted molar refractivity (Wildman–Crippen MR) is 59.5 cm³/mol. The van der Waals surface area contributed by atoms with Crippen molar-refractivity contribution in [3.05, 3.63) is 0 Å². The van der Waals surface area contributed by atoms with Gasteiger partial charge in [-0.1, -0.05) is 13.8 Å². The molecule has 0 aliphatic carbocycles. The standard InChI is InChI=1S/C11H22N2O/c1-8(2)11(12)13-9(3)10-4-6-14-7-5-10/h8-10H,4-7H2,1-3H3,(H2,12,13). The Morgan fingerprint density at radius 2 is 1.86 bits per heavy atom. The summed E-state index contributed by atoms with van der Waals surface area (Å²) >= 11 is 0. The summed E-state index contributed by atoms with van der Waals surface area (Å²) in [4.78, 5) is 4.54. The number of hydrogen-bond donors (Lipinski definition) is 1. The van der Waals surface area contributed by atoms with Crippen LogP contribution < -0.4 is 5.73 Å². The molecule has 14 heavy (non-hydrogen) atoms. The molecule has 3 heteroatoms. The molecule has 0 aromatic heterocycles. The van der Waals surface area contributed by atoms with Crippen LogP contribution in [0.15, 0.2) is 4.99 Å². The fourth-order valence-corrected chi connectivity index (χ4v) is 1.69. The van der Waals surface area contributed by atoms with Crippen LogP contribution in [0.2, 0.25) is 0 Å². The Bertz CT molecular complexity index is 195. The zero-order chi connectivity index (χ0) is 10.6. The van der Waals surface area contributed by atoms with Gasteiger partial charge in [0.05, 0.1) is 11.9 Å². The van der Waals surface area contributed by atoms with Gasteiger partial charge in [-0.3, -0.25) is 4.99 Å². The second-order valence-corrected chi connectivity index (χ2v) is 4.40. The third-order valence-corrected chi connectivity index (χ3v) is 2.89. The van der Waals surface area contributed by atoms with Crippen LogP contribution in [0.3, 0.4) is 0 Å². The van der Waals surface area contributed by atoms with Crippen molar-refractivity contribution in [1.29, 1.82) is 0 Å². The molecule has 1 unspecified atom stereocenters. The molecule has 1 atom stereocenters. The Hall–Kier alpha value is -0.570. The van der Waals surface area contributed by atoms with Gasteiger partial charge in [0.15, 0.2) is 0 Å². The molecule has 2 N–H and O–H groups in total. The number of rotatable bonds is 3. The number of ether oxygens (including phenoxy) is 1. The lowest BCUT2D eigenvalue weighted by molar-refractivity contribution is 0.0605. The van der Waals surface area contributed by atoms with E-state index in [0.29, 0.717) is 17.9 Å². The lowest BCUT2D eigenvalue weighted by atomic mass is 9.93. The predicted octanol–water partition coefficient (Wildman–Crippen LogP) is 1.81. The summed E-state index contributed by atoms with van der Waals surface area (Å²) in [6.45, 7) is 8.08. The van der Waals surface area contributed by atoms with E-state index in [0.717, 1.165) is 31.9 Å². The molecule has 1 aliphatic heterocycles. The summed E-state index contributed by atoms with van der Waals surface area (Å²) in [5.74, 6) is 1.79. The average molecular weight is 198 g/mol. The zero-order valence-corrected chi connectivity index (χ0v) is 9.49. The maximum atomic E-state index is 5.84. The van der Waals surface area contributed by atoms with Gasteiger partial charge in [0.1, 0.15) is 0 Å². The lowest BCUT2D eigenvalue weighted by Gasteiger charge is -2.25. The molecule has 0 bridgehead atoms. The molecule has 82 valence electrons. The Morgan fingerprint density at radius 3 is 2.36 bits per heavy atom. The maximum absolute atomic E-state index is 5.84. The van der Waals surface area contributed by atoms with Gasteiger partial charge in [-0.25, -0.2) is 0 Å². The maximum Gasteiger partial charge on any atom is 0.0966 e. The van der Waals surface area contributed by atoms with Crippen molar-refractivity contribution in [2.24, 2.45) is 22.6 Å². The molecule has 1 fully saturated rings. The number of amidine groups is 1. The topological polar surface area (TPSA) is 47.6 Å². The first kappa shape index (κ1) is 11.5. The molecular weight excluding hydrogens is 176 g/mol. The number of aliphatic imine (C=N–C) groups is 1. The molecule has 1 rings (SSSR count). The summed E-state index contributed by atoms with van der Waals surface area (Å²) in [7, 11) is 0. The summed E-state index contributed by atoms with van der Waals surface area (Å²) in [5.41, 5.74) is 5.84. The first-order valence-corrected chi connectivity index (χ1v) is 5.52. The van der Waals surface area contributed by atoms with E-state index < -0.39 is 0 Å².